The molecule has 0 radical (unpaired) electrons. The third-order valence-electron chi connectivity index (χ3n) is 2.00. The number of Topliss-reactive ketones (excluding diaryl/α,β-unsaturated/α-hetero) is 1. The number of ketones is 1. The number of aromatic nitrogens is 1. The van der Waals surface area contributed by atoms with Crippen molar-refractivity contribution >= 4 is 17.1 Å². The molecular formula is C8H10N2OS. The number of nitrogens with zero attached hydrogens (tertiary/aromatic N) is 1. The molecule has 1 heterocycles. The van der Waals surface area contributed by atoms with Gasteiger partial charge in [-0.25, -0.2) is 4.98 Å². The Morgan fingerprint density at radius 3 is 3.08 bits per heavy atom. The van der Waals surface area contributed by atoms with Gasteiger partial charge in [0.15, 0.2) is 5.78 Å². The summed E-state index contributed by atoms with van der Waals surface area (Å²) < 4.78 is 0. The lowest BCUT2D eigenvalue weighted by Crippen LogP contribution is -2.13. The van der Waals surface area contributed by atoms with Crippen molar-refractivity contribution in [2.24, 2.45) is 5.73 Å². The summed E-state index contributed by atoms with van der Waals surface area (Å²) >= 11 is 1.41. The lowest BCUT2D eigenvalue weighted by Gasteiger charge is -1.95. The molecule has 1 aliphatic rings. The summed E-state index contributed by atoms with van der Waals surface area (Å²) in [6.45, 7) is 0.0991. The zero-order chi connectivity index (χ0) is 8.55. The first-order valence-corrected chi connectivity index (χ1v) is 4.87. The Kier molecular flexibility index (Phi) is 1.94. The largest absolute Gasteiger partial charge is 0.324 e. The van der Waals surface area contributed by atoms with Gasteiger partial charge in [0.1, 0.15) is 0 Å². The van der Waals surface area contributed by atoms with E-state index >= 15 is 0 Å². The smallest absolute Gasteiger partial charge is 0.188 e. The summed E-state index contributed by atoms with van der Waals surface area (Å²) in [5.74, 6) is 0.571. The van der Waals surface area contributed by atoms with E-state index in [2.05, 4.69) is 4.98 Å². The Morgan fingerprint density at radius 2 is 2.50 bits per heavy atom. The maximum absolute atomic E-state index is 11.3. The van der Waals surface area contributed by atoms with Crippen LogP contribution in [-0.2, 0) is 0 Å². The lowest BCUT2D eigenvalue weighted by atomic mass is 10.2. The molecule has 1 saturated carbocycles. The van der Waals surface area contributed by atoms with Gasteiger partial charge in [-0.3, -0.25) is 4.79 Å². The number of nitrogens with two attached hydrogens (primary N) is 1. The highest BCUT2D eigenvalue weighted by molar-refractivity contribution is 7.12. The van der Waals surface area contributed by atoms with Crippen molar-refractivity contribution in [3.8, 4) is 0 Å². The van der Waals surface area contributed by atoms with Gasteiger partial charge in [0.25, 0.3) is 0 Å². The number of hydrogen-bond donors (Lipinski definition) is 1. The molecule has 64 valence electrons. The van der Waals surface area contributed by atoms with Gasteiger partial charge in [-0.2, -0.15) is 0 Å². The molecule has 1 aromatic heterocycles. The Balaban J connectivity index is 2.29. The first-order valence-electron chi connectivity index (χ1n) is 3.99. The molecule has 3 nitrogen and oxygen atoms in total. The molecule has 1 aliphatic carbocycles. The summed E-state index contributed by atoms with van der Waals surface area (Å²) in [6.07, 6.45) is 2.35. The second kappa shape index (κ2) is 2.95. The van der Waals surface area contributed by atoms with Gasteiger partial charge in [-0.1, -0.05) is 0 Å². The Hall–Kier alpha value is -0.740. The predicted octanol–water partition coefficient (Wildman–Crippen LogP) is 1.16. The maximum atomic E-state index is 11.3. The van der Waals surface area contributed by atoms with Gasteiger partial charge >= 0.3 is 0 Å². The van der Waals surface area contributed by atoms with Crippen LogP contribution in [0.4, 0.5) is 0 Å². The molecule has 0 unspecified atom stereocenters. The number of thiazole rings is 1. The van der Waals surface area contributed by atoms with Crippen LogP contribution in [0.15, 0.2) is 5.51 Å². The second-order valence-electron chi connectivity index (χ2n) is 2.97. The first-order chi connectivity index (χ1) is 5.83. The summed E-state index contributed by atoms with van der Waals surface area (Å²) in [4.78, 5) is 16.2. The average molecular weight is 182 g/mol. The van der Waals surface area contributed by atoms with Crippen molar-refractivity contribution in [2.75, 3.05) is 6.54 Å². The second-order valence-corrected chi connectivity index (χ2v) is 3.82. The van der Waals surface area contributed by atoms with E-state index in [1.165, 1.54) is 24.2 Å². The minimum atomic E-state index is 0.0272. The molecule has 12 heavy (non-hydrogen) atoms. The van der Waals surface area contributed by atoms with Crippen LogP contribution >= 0.6 is 11.3 Å². The van der Waals surface area contributed by atoms with E-state index in [1.54, 1.807) is 5.51 Å². The molecule has 1 fully saturated rings. The highest BCUT2D eigenvalue weighted by Gasteiger charge is 2.29. The van der Waals surface area contributed by atoms with Gasteiger partial charge in [0.05, 0.1) is 22.6 Å². The van der Waals surface area contributed by atoms with Gasteiger partial charge < -0.3 is 5.73 Å². The summed E-state index contributed by atoms with van der Waals surface area (Å²) in [6, 6.07) is 0. The van der Waals surface area contributed by atoms with Gasteiger partial charge in [-0.05, 0) is 12.8 Å². The van der Waals surface area contributed by atoms with Crippen molar-refractivity contribution in [1.29, 1.82) is 0 Å². The third kappa shape index (κ3) is 1.28. The summed E-state index contributed by atoms with van der Waals surface area (Å²) in [7, 11) is 0. The molecule has 0 aromatic carbocycles. The molecule has 0 bridgehead atoms. The van der Waals surface area contributed by atoms with Crippen LogP contribution in [0.25, 0.3) is 0 Å². The van der Waals surface area contributed by atoms with E-state index in [-0.39, 0.29) is 12.3 Å². The maximum Gasteiger partial charge on any atom is 0.188 e. The van der Waals surface area contributed by atoms with Crippen molar-refractivity contribution in [3.63, 3.8) is 0 Å². The van der Waals surface area contributed by atoms with E-state index in [4.69, 9.17) is 5.73 Å². The van der Waals surface area contributed by atoms with Crippen LogP contribution in [0.1, 0.15) is 34.1 Å². The Labute approximate surface area is 74.6 Å². The fraction of sp³-hybridized carbons (Fsp3) is 0.500. The Morgan fingerprint density at radius 1 is 1.75 bits per heavy atom. The monoisotopic (exact) mass is 182 g/mol. The van der Waals surface area contributed by atoms with E-state index in [9.17, 15) is 4.79 Å². The minimum Gasteiger partial charge on any atom is -0.324 e. The zero-order valence-corrected chi connectivity index (χ0v) is 7.43. The molecule has 2 rings (SSSR count). The zero-order valence-electron chi connectivity index (χ0n) is 6.62. The van der Waals surface area contributed by atoms with E-state index < -0.39 is 0 Å². The van der Waals surface area contributed by atoms with Crippen LogP contribution in [0.2, 0.25) is 0 Å². The normalized spacial score (nSPS) is 16.4. The van der Waals surface area contributed by atoms with E-state index in [0.29, 0.717) is 5.92 Å². The Bertz CT molecular complexity index is 304. The van der Waals surface area contributed by atoms with Crippen molar-refractivity contribution in [1.82, 2.24) is 4.98 Å². The van der Waals surface area contributed by atoms with Crippen molar-refractivity contribution < 1.29 is 4.79 Å². The third-order valence-corrected chi connectivity index (χ3v) is 2.88. The van der Waals surface area contributed by atoms with Gasteiger partial charge in [0.2, 0.25) is 0 Å². The van der Waals surface area contributed by atoms with Crippen molar-refractivity contribution in [3.05, 3.63) is 16.1 Å². The van der Waals surface area contributed by atoms with Gasteiger partial charge in [-0.15, -0.1) is 11.3 Å². The molecule has 0 aliphatic heterocycles. The van der Waals surface area contributed by atoms with Crippen molar-refractivity contribution in [2.45, 2.75) is 18.8 Å². The standard InChI is InChI=1S/C8H10N2OS/c9-3-6(11)8-7(5-1-2-5)10-4-12-8/h4-5H,1-3,9H2. The highest BCUT2D eigenvalue weighted by atomic mass is 32.1. The topological polar surface area (TPSA) is 56.0 Å². The quantitative estimate of drug-likeness (QED) is 0.714. The molecule has 0 saturated heterocycles. The summed E-state index contributed by atoms with van der Waals surface area (Å²) in [5.41, 5.74) is 8.00. The molecule has 0 amide bonds. The number of carbonyl (C=O) groups is 1. The minimum absolute atomic E-state index is 0.0272. The predicted molar refractivity (Wildman–Crippen MR) is 47.5 cm³/mol. The first kappa shape index (κ1) is 7.89. The van der Waals surface area contributed by atoms with Crippen LogP contribution < -0.4 is 5.73 Å². The van der Waals surface area contributed by atoms with Crippen LogP contribution in [0.5, 0.6) is 0 Å². The molecule has 0 atom stereocenters. The molecule has 2 N–H and O–H groups in total. The van der Waals surface area contributed by atoms with E-state index in [1.807, 2.05) is 0 Å². The molecule has 4 heteroatoms. The average Bonchev–Trinajstić information content (AvgIpc) is 2.83. The van der Waals surface area contributed by atoms with Gasteiger partial charge in [0, 0.05) is 5.92 Å². The van der Waals surface area contributed by atoms with Crippen LogP contribution in [0, 0.1) is 0 Å². The fourth-order valence-corrected chi connectivity index (χ4v) is 2.03. The molecular weight excluding hydrogens is 172 g/mol. The highest BCUT2D eigenvalue weighted by Crippen LogP contribution is 2.41. The fourth-order valence-electron chi connectivity index (χ4n) is 1.20. The lowest BCUT2D eigenvalue weighted by molar-refractivity contribution is 0.100. The summed E-state index contributed by atoms with van der Waals surface area (Å²) in [5, 5.41) is 0. The number of carbonyl (C=O) groups excluding carboxylic acids is 1. The number of rotatable bonds is 3. The SMILES string of the molecule is NCC(=O)c1scnc1C1CC1. The molecule has 0 spiro atoms. The van der Waals surface area contributed by atoms with E-state index in [0.717, 1.165) is 10.6 Å². The molecule has 1 aromatic rings. The number of hydrogen-bond acceptors (Lipinski definition) is 4. The van der Waals surface area contributed by atoms with Crippen LogP contribution in [-0.4, -0.2) is 17.3 Å². The van der Waals surface area contributed by atoms with Crippen LogP contribution in [0.3, 0.4) is 0 Å².